The van der Waals surface area contributed by atoms with Crippen LogP contribution in [0.5, 0.6) is 0 Å². The lowest BCUT2D eigenvalue weighted by Crippen LogP contribution is -2.32. The van der Waals surface area contributed by atoms with Crippen LogP contribution in [0.25, 0.3) is 0 Å². The predicted octanol–water partition coefficient (Wildman–Crippen LogP) is 1.92. The summed E-state index contributed by atoms with van der Waals surface area (Å²) in [6.45, 7) is 3.42. The van der Waals surface area contributed by atoms with Crippen molar-refractivity contribution in [1.82, 2.24) is 4.98 Å². The number of aromatic nitrogens is 1. The molecule has 0 saturated carbocycles. The first kappa shape index (κ1) is 15.4. The summed E-state index contributed by atoms with van der Waals surface area (Å²) < 4.78 is 0. The van der Waals surface area contributed by atoms with Crippen molar-refractivity contribution in [2.75, 3.05) is 5.32 Å². The number of hydrogen-bond donors (Lipinski definition) is 2. The average Bonchev–Trinajstić information content (AvgIpc) is 2.35. The minimum Gasteiger partial charge on any atom is -0.481 e. The summed E-state index contributed by atoms with van der Waals surface area (Å²) in [6, 6.07) is 3.00. The summed E-state index contributed by atoms with van der Waals surface area (Å²) in [5.41, 5.74) is -1.20. The summed E-state index contributed by atoms with van der Waals surface area (Å²) in [5, 5.41) is 31.4. The molecule has 1 rings (SSSR count). The largest absolute Gasteiger partial charge is 0.481 e. The summed E-state index contributed by atoms with van der Waals surface area (Å²) >= 11 is 0. The number of nitriles is 1. The van der Waals surface area contributed by atoms with Crippen LogP contribution < -0.4 is 5.32 Å². The Labute approximate surface area is 115 Å². The van der Waals surface area contributed by atoms with Gasteiger partial charge in [0.2, 0.25) is 5.82 Å². The zero-order valence-corrected chi connectivity index (χ0v) is 11.1. The minimum absolute atomic E-state index is 0.0376. The molecule has 106 valence electrons. The second-order valence-corrected chi connectivity index (χ2v) is 4.83. The molecule has 2 N–H and O–H groups in total. The Hall–Kier alpha value is -2.69. The topological polar surface area (TPSA) is 129 Å². The molecule has 8 nitrogen and oxygen atoms in total. The number of pyridine rings is 1. The molecular weight excluding hydrogens is 264 g/mol. The first-order valence-corrected chi connectivity index (χ1v) is 5.80. The fourth-order valence-electron chi connectivity index (χ4n) is 1.62. The number of hydrogen-bond acceptors (Lipinski definition) is 6. The van der Waals surface area contributed by atoms with Gasteiger partial charge in [-0.1, -0.05) is 0 Å². The molecule has 0 bridgehead atoms. The maximum Gasteiger partial charge on any atom is 0.328 e. The molecule has 1 aromatic rings. The molecule has 0 fully saturated rings. The molecule has 1 aromatic heterocycles. The third-order valence-electron chi connectivity index (χ3n) is 2.65. The van der Waals surface area contributed by atoms with Crippen LogP contribution in [-0.2, 0) is 4.79 Å². The summed E-state index contributed by atoms with van der Waals surface area (Å²) in [6.07, 6.45) is 1.48. The molecule has 0 aliphatic rings. The Morgan fingerprint density at radius 2 is 2.30 bits per heavy atom. The highest BCUT2D eigenvalue weighted by molar-refractivity contribution is 5.67. The van der Waals surface area contributed by atoms with Crippen LogP contribution in [0.1, 0.15) is 32.3 Å². The number of carbonyl (C=O) groups is 1. The summed E-state index contributed by atoms with van der Waals surface area (Å²) in [7, 11) is 0. The number of rotatable bonds is 6. The molecule has 0 saturated heterocycles. The van der Waals surface area contributed by atoms with E-state index in [1.165, 1.54) is 12.3 Å². The fraction of sp³-hybridized carbons (Fsp3) is 0.417. The number of nitro groups is 1. The van der Waals surface area contributed by atoms with Crippen LogP contribution in [-0.4, -0.2) is 26.5 Å². The number of nitrogens with zero attached hydrogens (tertiary/aromatic N) is 3. The highest BCUT2D eigenvalue weighted by Crippen LogP contribution is 2.29. The van der Waals surface area contributed by atoms with Crippen molar-refractivity contribution in [2.45, 2.75) is 32.2 Å². The monoisotopic (exact) mass is 278 g/mol. The Morgan fingerprint density at radius 1 is 1.65 bits per heavy atom. The van der Waals surface area contributed by atoms with Gasteiger partial charge < -0.3 is 10.4 Å². The summed E-state index contributed by atoms with van der Waals surface area (Å²) in [4.78, 5) is 24.8. The van der Waals surface area contributed by atoms with E-state index in [0.29, 0.717) is 0 Å². The van der Waals surface area contributed by atoms with Gasteiger partial charge in [0.25, 0.3) is 0 Å². The molecule has 0 radical (unpaired) electrons. The van der Waals surface area contributed by atoms with Gasteiger partial charge in [0.05, 0.1) is 4.92 Å². The highest BCUT2D eigenvalue weighted by Gasteiger charge is 2.27. The highest BCUT2D eigenvalue weighted by atomic mass is 16.6. The minimum atomic E-state index is -0.951. The van der Waals surface area contributed by atoms with E-state index < -0.39 is 22.1 Å². The Kier molecular flexibility index (Phi) is 4.59. The normalized spacial score (nSPS) is 10.7. The van der Waals surface area contributed by atoms with Crippen LogP contribution in [0, 0.1) is 21.4 Å². The maximum absolute atomic E-state index is 11.0. The van der Waals surface area contributed by atoms with Gasteiger partial charge in [0, 0.05) is 18.2 Å². The quantitative estimate of drug-likeness (QED) is 0.600. The second kappa shape index (κ2) is 5.97. The van der Waals surface area contributed by atoms with E-state index in [2.05, 4.69) is 10.3 Å². The number of carboxylic acid groups (broad SMARTS) is 1. The van der Waals surface area contributed by atoms with E-state index in [4.69, 9.17) is 10.4 Å². The second-order valence-electron chi connectivity index (χ2n) is 4.83. The predicted molar refractivity (Wildman–Crippen MR) is 70.2 cm³/mol. The molecule has 0 aromatic carbocycles. The average molecular weight is 278 g/mol. The molecule has 1 heterocycles. The lowest BCUT2D eigenvalue weighted by Gasteiger charge is -2.26. The standard InChI is InChI=1S/C12H14N4O4/c1-12(2,5-3-9(17)18)15-11-10(16(19)20)8(7-13)4-6-14-11/h4,6H,3,5H2,1-2H3,(H,14,15)(H,17,18). The molecule has 8 heteroatoms. The molecule has 20 heavy (non-hydrogen) atoms. The maximum atomic E-state index is 11.0. The van der Waals surface area contributed by atoms with Crippen molar-refractivity contribution in [3.8, 4) is 6.07 Å². The van der Waals surface area contributed by atoms with E-state index in [0.717, 1.165) is 0 Å². The van der Waals surface area contributed by atoms with Gasteiger partial charge in [-0.15, -0.1) is 0 Å². The van der Waals surface area contributed by atoms with Gasteiger partial charge in [0.1, 0.15) is 11.6 Å². The van der Waals surface area contributed by atoms with Crippen LogP contribution in [0.15, 0.2) is 12.3 Å². The third-order valence-corrected chi connectivity index (χ3v) is 2.65. The lowest BCUT2D eigenvalue weighted by atomic mass is 9.98. The molecule has 0 unspecified atom stereocenters. The van der Waals surface area contributed by atoms with Crippen LogP contribution >= 0.6 is 0 Å². The lowest BCUT2D eigenvalue weighted by molar-refractivity contribution is -0.384. The van der Waals surface area contributed by atoms with Crippen LogP contribution in [0.2, 0.25) is 0 Å². The molecule has 0 amide bonds. The van der Waals surface area contributed by atoms with Gasteiger partial charge >= 0.3 is 11.7 Å². The zero-order chi connectivity index (χ0) is 15.3. The van der Waals surface area contributed by atoms with Crippen molar-refractivity contribution >= 4 is 17.5 Å². The fourth-order valence-corrected chi connectivity index (χ4v) is 1.62. The van der Waals surface area contributed by atoms with E-state index in [-0.39, 0.29) is 24.2 Å². The molecule has 0 aliphatic heterocycles. The van der Waals surface area contributed by atoms with E-state index in [1.54, 1.807) is 19.9 Å². The van der Waals surface area contributed by atoms with Crippen molar-refractivity contribution in [3.63, 3.8) is 0 Å². The van der Waals surface area contributed by atoms with Crippen LogP contribution in [0.3, 0.4) is 0 Å². The Morgan fingerprint density at radius 3 is 2.80 bits per heavy atom. The van der Waals surface area contributed by atoms with E-state index >= 15 is 0 Å². The van der Waals surface area contributed by atoms with Gasteiger partial charge in [-0.3, -0.25) is 14.9 Å². The van der Waals surface area contributed by atoms with Crippen LogP contribution in [0.4, 0.5) is 11.5 Å². The Balaban J connectivity index is 3.06. The third kappa shape index (κ3) is 3.91. The number of nitrogens with one attached hydrogen (secondary N) is 1. The molecule has 0 atom stereocenters. The van der Waals surface area contributed by atoms with Gasteiger partial charge in [-0.05, 0) is 26.3 Å². The molecular formula is C12H14N4O4. The van der Waals surface area contributed by atoms with E-state index in [9.17, 15) is 14.9 Å². The van der Waals surface area contributed by atoms with Crippen molar-refractivity contribution in [1.29, 1.82) is 5.26 Å². The van der Waals surface area contributed by atoms with Crippen molar-refractivity contribution in [3.05, 3.63) is 27.9 Å². The zero-order valence-electron chi connectivity index (χ0n) is 11.1. The van der Waals surface area contributed by atoms with E-state index in [1.807, 2.05) is 0 Å². The molecule has 0 spiro atoms. The SMILES string of the molecule is CC(C)(CCC(=O)O)Nc1nccc(C#N)c1[N+](=O)[O-]. The summed E-state index contributed by atoms with van der Waals surface area (Å²) in [5.74, 6) is -0.988. The number of aliphatic carboxylic acids is 1. The number of anilines is 1. The van der Waals surface area contributed by atoms with Gasteiger partial charge in [0.15, 0.2) is 0 Å². The first-order chi connectivity index (χ1) is 9.26. The smallest absolute Gasteiger partial charge is 0.328 e. The van der Waals surface area contributed by atoms with Crippen molar-refractivity contribution in [2.24, 2.45) is 0 Å². The molecule has 0 aliphatic carbocycles. The van der Waals surface area contributed by atoms with Gasteiger partial charge in [-0.2, -0.15) is 5.26 Å². The number of carboxylic acids is 1. The van der Waals surface area contributed by atoms with Gasteiger partial charge in [-0.25, -0.2) is 4.98 Å². The van der Waals surface area contributed by atoms with Crippen molar-refractivity contribution < 1.29 is 14.8 Å². The first-order valence-electron chi connectivity index (χ1n) is 5.80. The Bertz CT molecular complexity index is 577.